The minimum Gasteiger partial charge on any atom is -0.444 e. The highest BCUT2D eigenvalue weighted by Gasteiger charge is 2.20. The van der Waals surface area contributed by atoms with Crippen molar-refractivity contribution in [1.82, 2.24) is 20.2 Å². The average Bonchev–Trinajstić information content (AvgIpc) is 2.91. The summed E-state index contributed by atoms with van der Waals surface area (Å²) in [6, 6.07) is 18.2. The Morgan fingerprint density at radius 2 is 1.63 bits per heavy atom. The summed E-state index contributed by atoms with van der Waals surface area (Å²) in [6.07, 6.45) is 3.13. The van der Waals surface area contributed by atoms with Gasteiger partial charge in [0.2, 0.25) is 5.91 Å². The molecule has 1 aliphatic heterocycles. The summed E-state index contributed by atoms with van der Waals surface area (Å²) >= 11 is 0. The molecule has 1 N–H and O–H groups in total. The number of benzene rings is 1. The molecule has 200 valence electrons. The Bertz CT molecular complexity index is 1220. The molecule has 0 unspecified atom stereocenters. The van der Waals surface area contributed by atoms with E-state index < -0.39 is 11.7 Å². The molecular weight excluding hydrogens is 480 g/mol. The van der Waals surface area contributed by atoms with Crippen LogP contribution in [0.25, 0.3) is 11.1 Å². The van der Waals surface area contributed by atoms with E-state index >= 15 is 0 Å². The fourth-order valence-electron chi connectivity index (χ4n) is 4.26. The van der Waals surface area contributed by atoms with Gasteiger partial charge in [-0.1, -0.05) is 24.3 Å². The minimum atomic E-state index is -0.610. The van der Waals surface area contributed by atoms with Crippen LogP contribution >= 0.6 is 0 Å². The third kappa shape index (κ3) is 7.44. The van der Waals surface area contributed by atoms with Crippen molar-refractivity contribution in [3.05, 3.63) is 72.6 Å². The number of ether oxygens (including phenoxy) is 1. The van der Waals surface area contributed by atoms with Crippen molar-refractivity contribution < 1.29 is 14.3 Å². The summed E-state index contributed by atoms with van der Waals surface area (Å²) in [6.45, 7) is 9.24. The van der Waals surface area contributed by atoms with E-state index in [1.807, 2.05) is 48.8 Å². The van der Waals surface area contributed by atoms with E-state index in [1.165, 1.54) is 0 Å². The highest BCUT2D eigenvalue weighted by Crippen LogP contribution is 2.24. The lowest BCUT2D eigenvalue weighted by Gasteiger charge is -2.36. The van der Waals surface area contributed by atoms with Crippen molar-refractivity contribution >= 4 is 23.6 Å². The predicted molar refractivity (Wildman–Crippen MR) is 149 cm³/mol. The van der Waals surface area contributed by atoms with Gasteiger partial charge in [0.15, 0.2) is 0 Å². The lowest BCUT2D eigenvalue weighted by molar-refractivity contribution is -0.129. The first-order chi connectivity index (χ1) is 18.2. The zero-order chi connectivity index (χ0) is 27.1. The van der Waals surface area contributed by atoms with Gasteiger partial charge in [0, 0.05) is 57.7 Å². The van der Waals surface area contributed by atoms with Crippen LogP contribution in [0.3, 0.4) is 0 Å². The van der Waals surface area contributed by atoms with E-state index in [9.17, 15) is 9.59 Å². The first-order valence-electron chi connectivity index (χ1n) is 12.8. The molecular formula is C29H36N6O3. The van der Waals surface area contributed by atoms with Crippen LogP contribution in [0.1, 0.15) is 26.3 Å². The number of likely N-dealkylation sites (N-methyl/N-ethyl adjacent to an activating group) is 1. The molecule has 0 radical (unpaired) electrons. The Hall–Kier alpha value is -4.14. The number of piperazine rings is 1. The highest BCUT2D eigenvalue weighted by molar-refractivity contribution is 5.82. The van der Waals surface area contributed by atoms with Crippen LogP contribution in [0.4, 0.5) is 16.4 Å². The topological polar surface area (TPSA) is 90.9 Å². The van der Waals surface area contributed by atoms with Crippen LogP contribution in [0.15, 0.2) is 67.0 Å². The Balaban J connectivity index is 1.31. The van der Waals surface area contributed by atoms with Gasteiger partial charge in [0.05, 0.1) is 0 Å². The molecule has 9 nitrogen and oxygen atoms in total. The van der Waals surface area contributed by atoms with E-state index in [1.54, 1.807) is 32.7 Å². The molecule has 0 aliphatic carbocycles. The second-order valence-corrected chi connectivity index (χ2v) is 10.4. The molecule has 2 amide bonds. The number of aromatic nitrogens is 2. The van der Waals surface area contributed by atoms with Crippen LogP contribution < -0.4 is 15.1 Å². The number of alkyl carbamates (subject to hydrolysis) is 1. The first-order valence-corrected chi connectivity index (χ1v) is 12.8. The number of hydrogen-bond acceptors (Lipinski definition) is 7. The number of carbonyl (C=O) groups is 2. The Morgan fingerprint density at radius 3 is 2.24 bits per heavy atom. The summed E-state index contributed by atoms with van der Waals surface area (Å²) in [5.41, 5.74) is 2.43. The zero-order valence-corrected chi connectivity index (χ0v) is 22.6. The van der Waals surface area contributed by atoms with E-state index in [4.69, 9.17) is 9.72 Å². The molecule has 4 rings (SSSR count). The Kier molecular flexibility index (Phi) is 8.45. The molecule has 1 aromatic carbocycles. The van der Waals surface area contributed by atoms with Gasteiger partial charge in [-0.2, -0.15) is 0 Å². The molecule has 1 fully saturated rings. The van der Waals surface area contributed by atoms with E-state index in [0.29, 0.717) is 6.54 Å². The summed E-state index contributed by atoms with van der Waals surface area (Å²) in [5.74, 6) is 1.78. The number of carbonyl (C=O) groups excluding carboxylic acids is 2. The second kappa shape index (κ2) is 11.9. The maximum atomic E-state index is 12.5. The zero-order valence-electron chi connectivity index (χ0n) is 22.6. The molecule has 1 aliphatic rings. The molecule has 3 aromatic rings. The quantitative estimate of drug-likeness (QED) is 0.508. The van der Waals surface area contributed by atoms with Crippen molar-refractivity contribution in [2.24, 2.45) is 0 Å². The smallest absolute Gasteiger partial charge is 0.408 e. The number of pyridine rings is 2. The average molecular weight is 517 g/mol. The van der Waals surface area contributed by atoms with Gasteiger partial charge in [0.25, 0.3) is 0 Å². The predicted octanol–water partition coefficient (Wildman–Crippen LogP) is 3.95. The number of anilines is 2. The third-order valence-electron chi connectivity index (χ3n) is 6.21. The lowest BCUT2D eigenvalue weighted by Crippen LogP contribution is -2.47. The molecule has 1 saturated heterocycles. The molecule has 3 heterocycles. The summed E-state index contributed by atoms with van der Waals surface area (Å²) in [4.78, 5) is 39.7. The van der Waals surface area contributed by atoms with E-state index in [0.717, 1.165) is 54.5 Å². The van der Waals surface area contributed by atoms with Gasteiger partial charge in [-0.25, -0.2) is 14.8 Å². The van der Waals surface area contributed by atoms with Gasteiger partial charge < -0.3 is 24.8 Å². The fraction of sp³-hybridized carbons (Fsp3) is 0.379. The van der Waals surface area contributed by atoms with Crippen LogP contribution in [0, 0.1) is 0 Å². The summed E-state index contributed by atoms with van der Waals surface area (Å²) in [5, 5.41) is 2.52. The number of rotatable bonds is 7. The number of nitrogens with one attached hydrogen (secondary N) is 1. The highest BCUT2D eigenvalue weighted by atomic mass is 16.6. The van der Waals surface area contributed by atoms with Crippen LogP contribution in [-0.4, -0.2) is 72.2 Å². The summed E-state index contributed by atoms with van der Waals surface area (Å²) in [7, 11) is 1.72. The molecule has 38 heavy (non-hydrogen) atoms. The molecule has 9 heteroatoms. The van der Waals surface area contributed by atoms with Crippen LogP contribution in [0.5, 0.6) is 0 Å². The minimum absolute atomic E-state index is 0.118. The molecule has 0 saturated carbocycles. The van der Waals surface area contributed by atoms with Gasteiger partial charge in [0.1, 0.15) is 23.8 Å². The van der Waals surface area contributed by atoms with Crippen molar-refractivity contribution in [1.29, 1.82) is 0 Å². The maximum absolute atomic E-state index is 12.5. The van der Waals surface area contributed by atoms with Gasteiger partial charge in [-0.05, 0) is 62.2 Å². The molecule has 0 spiro atoms. The summed E-state index contributed by atoms with van der Waals surface area (Å²) < 4.78 is 5.19. The van der Waals surface area contributed by atoms with Gasteiger partial charge >= 0.3 is 6.09 Å². The normalized spacial score (nSPS) is 13.7. The van der Waals surface area contributed by atoms with E-state index in [-0.39, 0.29) is 12.5 Å². The number of hydrogen-bond donors (Lipinski definition) is 1. The van der Waals surface area contributed by atoms with Crippen molar-refractivity contribution in [2.45, 2.75) is 32.9 Å². The Labute approximate surface area is 224 Å². The monoisotopic (exact) mass is 516 g/mol. The maximum Gasteiger partial charge on any atom is 0.408 e. The Morgan fingerprint density at radius 1 is 0.921 bits per heavy atom. The molecule has 0 atom stereocenters. The first kappa shape index (κ1) is 26.9. The number of nitrogens with zero attached hydrogens (tertiary/aromatic N) is 5. The fourth-order valence-corrected chi connectivity index (χ4v) is 4.26. The SMILES string of the molecule is CN(Cc1cccc(-c2ccc(N3CCN(c4ccccn4)CC3)nc2)c1)C(=O)CNC(=O)OC(C)(C)C. The van der Waals surface area contributed by atoms with Crippen LogP contribution in [-0.2, 0) is 16.1 Å². The van der Waals surface area contributed by atoms with Crippen molar-refractivity contribution in [3.8, 4) is 11.1 Å². The number of amides is 2. The largest absolute Gasteiger partial charge is 0.444 e. The molecule has 2 aromatic heterocycles. The molecule has 0 bridgehead atoms. The standard InChI is InChI=1S/C29H36N6O3/c1-29(2,3)38-28(37)32-20-27(36)33(4)21-22-8-7-9-23(18-22)24-11-12-26(31-19-24)35-16-14-34(15-17-35)25-10-5-6-13-30-25/h5-13,18-19H,14-17,20-21H2,1-4H3,(H,32,37). The van der Waals surface area contributed by atoms with Crippen molar-refractivity contribution in [2.75, 3.05) is 49.6 Å². The third-order valence-corrected chi connectivity index (χ3v) is 6.21. The second-order valence-electron chi connectivity index (χ2n) is 10.4. The van der Waals surface area contributed by atoms with E-state index in [2.05, 4.69) is 38.3 Å². The van der Waals surface area contributed by atoms with Gasteiger partial charge in [-0.15, -0.1) is 0 Å². The van der Waals surface area contributed by atoms with Crippen molar-refractivity contribution in [3.63, 3.8) is 0 Å². The lowest BCUT2D eigenvalue weighted by atomic mass is 10.0. The van der Waals surface area contributed by atoms with Crippen LogP contribution in [0.2, 0.25) is 0 Å². The van der Waals surface area contributed by atoms with Gasteiger partial charge in [-0.3, -0.25) is 4.79 Å².